The maximum absolute atomic E-state index is 13.4. The minimum atomic E-state index is -1.37. The lowest BCUT2D eigenvalue weighted by Gasteiger charge is -2.25. The van der Waals surface area contributed by atoms with Gasteiger partial charge in [0.2, 0.25) is 11.8 Å². The van der Waals surface area contributed by atoms with Crippen LogP contribution < -0.4 is 16.0 Å². The van der Waals surface area contributed by atoms with Gasteiger partial charge in [-0.05, 0) is 69.9 Å². The minimum absolute atomic E-state index is 0.00616. The minimum Gasteiger partial charge on any atom is -0.462 e. The van der Waals surface area contributed by atoms with Crippen LogP contribution in [0.1, 0.15) is 70.3 Å². The summed E-state index contributed by atoms with van der Waals surface area (Å²) in [4.78, 5) is 63.6. The van der Waals surface area contributed by atoms with Crippen LogP contribution in [0.2, 0.25) is 0 Å². The first-order chi connectivity index (χ1) is 19.8. The molecule has 2 aromatic carbocycles. The number of carbonyl (C=O) groups is 5. The Hall–Kier alpha value is -4.41. The summed E-state index contributed by atoms with van der Waals surface area (Å²) in [6, 6.07) is 12.8. The molecule has 11 nitrogen and oxygen atoms in total. The van der Waals surface area contributed by atoms with Gasteiger partial charge in [0.25, 0.3) is 0 Å². The number of hydrogen-bond donors (Lipinski definition) is 3. The van der Waals surface area contributed by atoms with E-state index >= 15 is 0 Å². The van der Waals surface area contributed by atoms with Crippen LogP contribution in [0.25, 0.3) is 0 Å². The van der Waals surface area contributed by atoms with Crippen molar-refractivity contribution in [1.82, 2.24) is 10.6 Å². The maximum Gasteiger partial charge on any atom is 0.408 e. The van der Waals surface area contributed by atoms with E-state index in [1.54, 1.807) is 64.1 Å². The number of carbonyl (C=O) groups excluding carboxylic acids is 5. The summed E-state index contributed by atoms with van der Waals surface area (Å²) in [5, 5.41) is 7.82. The van der Waals surface area contributed by atoms with Gasteiger partial charge in [-0.3, -0.25) is 14.4 Å². The number of esters is 2. The molecule has 0 saturated carbocycles. The molecule has 0 bridgehead atoms. The standard InChI is InChI=1S/C31H41N3O8/c1-7-40-29(38)22-13-15-23(16-14-22)32-27(36)24(17-20(2)3)33-28(37)25(34-30(39)42-31(4,5)6)18-26(35)41-19-21-11-9-8-10-12-21/h8-16,20,24-25H,7,17-19H2,1-6H3,(H,32,36)(H,33,37)(H,34,39)/t24-,25+/m0/s1. The Morgan fingerprint density at radius 3 is 2.02 bits per heavy atom. The molecule has 228 valence electrons. The zero-order valence-electron chi connectivity index (χ0n) is 25.0. The van der Waals surface area contributed by atoms with Crippen molar-refractivity contribution >= 4 is 35.5 Å². The molecular formula is C31H41N3O8. The Balaban J connectivity index is 2.15. The molecule has 0 heterocycles. The van der Waals surface area contributed by atoms with Gasteiger partial charge in [0.15, 0.2) is 0 Å². The number of ether oxygens (including phenoxy) is 3. The van der Waals surface area contributed by atoms with Gasteiger partial charge >= 0.3 is 18.0 Å². The van der Waals surface area contributed by atoms with Crippen molar-refractivity contribution in [3.8, 4) is 0 Å². The van der Waals surface area contributed by atoms with Crippen molar-refractivity contribution in [2.45, 2.75) is 78.7 Å². The molecule has 0 aliphatic carbocycles. The smallest absolute Gasteiger partial charge is 0.408 e. The van der Waals surface area contributed by atoms with E-state index in [0.717, 1.165) is 5.56 Å². The Morgan fingerprint density at radius 1 is 0.810 bits per heavy atom. The van der Waals surface area contributed by atoms with Crippen molar-refractivity contribution in [2.75, 3.05) is 11.9 Å². The molecule has 0 radical (unpaired) electrons. The molecule has 0 unspecified atom stereocenters. The summed E-state index contributed by atoms with van der Waals surface area (Å²) in [5.41, 5.74) is 0.652. The number of hydrogen-bond acceptors (Lipinski definition) is 8. The second-order valence-electron chi connectivity index (χ2n) is 11.0. The second-order valence-corrected chi connectivity index (χ2v) is 11.0. The zero-order chi connectivity index (χ0) is 31.3. The van der Waals surface area contributed by atoms with Crippen LogP contribution in [0.4, 0.5) is 10.5 Å². The van der Waals surface area contributed by atoms with Gasteiger partial charge in [-0.1, -0.05) is 44.2 Å². The lowest BCUT2D eigenvalue weighted by molar-refractivity contribution is -0.147. The summed E-state index contributed by atoms with van der Waals surface area (Å²) in [6.45, 7) is 10.7. The van der Waals surface area contributed by atoms with Crippen LogP contribution in [0.15, 0.2) is 54.6 Å². The lowest BCUT2D eigenvalue weighted by atomic mass is 10.0. The molecule has 2 atom stereocenters. The first-order valence-corrected chi connectivity index (χ1v) is 13.8. The van der Waals surface area contributed by atoms with E-state index in [1.807, 2.05) is 19.9 Å². The summed E-state index contributed by atoms with van der Waals surface area (Å²) in [5.74, 6) is -2.45. The van der Waals surface area contributed by atoms with Gasteiger partial charge in [-0.15, -0.1) is 0 Å². The highest BCUT2D eigenvalue weighted by atomic mass is 16.6. The van der Waals surface area contributed by atoms with E-state index in [-0.39, 0.29) is 25.6 Å². The highest BCUT2D eigenvalue weighted by Crippen LogP contribution is 2.14. The third kappa shape index (κ3) is 12.4. The maximum atomic E-state index is 13.4. The SMILES string of the molecule is CCOC(=O)c1ccc(NC(=O)[C@H](CC(C)C)NC(=O)[C@@H](CC(=O)OCc2ccccc2)NC(=O)OC(C)(C)C)cc1. The predicted octanol–water partition coefficient (Wildman–Crippen LogP) is 4.36. The third-order valence-corrected chi connectivity index (χ3v) is 5.62. The Morgan fingerprint density at radius 2 is 1.45 bits per heavy atom. The van der Waals surface area contributed by atoms with Gasteiger partial charge in [0.05, 0.1) is 18.6 Å². The van der Waals surface area contributed by atoms with E-state index < -0.39 is 54.0 Å². The average molecular weight is 584 g/mol. The molecule has 3 N–H and O–H groups in total. The molecule has 0 saturated heterocycles. The quantitative estimate of drug-likeness (QED) is 0.233. The molecular weight excluding hydrogens is 542 g/mol. The second kappa shape index (κ2) is 16.1. The molecule has 3 amide bonds. The van der Waals surface area contributed by atoms with Crippen molar-refractivity contribution < 1.29 is 38.2 Å². The van der Waals surface area contributed by atoms with Crippen LogP contribution >= 0.6 is 0 Å². The topological polar surface area (TPSA) is 149 Å². The fraction of sp³-hybridized carbons (Fsp3) is 0.452. The predicted molar refractivity (Wildman–Crippen MR) is 156 cm³/mol. The van der Waals surface area contributed by atoms with Crippen LogP contribution in [0, 0.1) is 5.92 Å². The summed E-state index contributed by atoms with van der Waals surface area (Å²) in [7, 11) is 0. The summed E-state index contributed by atoms with van der Waals surface area (Å²) < 4.78 is 15.5. The zero-order valence-corrected chi connectivity index (χ0v) is 25.0. The first kappa shape index (κ1) is 33.8. The van der Waals surface area contributed by atoms with Crippen LogP contribution in [0.3, 0.4) is 0 Å². The number of benzene rings is 2. The monoisotopic (exact) mass is 583 g/mol. The summed E-state index contributed by atoms with van der Waals surface area (Å²) in [6.07, 6.45) is -1.11. The van der Waals surface area contributed by atoms with Crippen molar-refractivity contribution in [2.24, 2.45) is 5.92 Å². The molecule has 0 aliphatic heterocycles. The highest BCUT2D eigenvalue weighted by Gasteiger charge is 2.31. The van der Waals surface area contributed by atoms with Crippen molar-refractivity contribution in [1.29, 1.82) is 0 Å². The number of alkyl carbamates (subject to hydrolysis) is 1. The number of amides is 3. The Bertz CT molecular complexity index is 1210. The molecule has 42 heavy (non-hydrogen) atoms. The van der Waals surface area contributed by atoms with Crippen LogP contribution in [-0.4, -0.2) is 54.1 Å². The van der Waals surface area contributed by atoms with Gasteiger partial charge in [0, 0.05) is 5.69 Å². The van der Waals surface area contributed by atoms with E-state index in [2.05, 4.69) is 16.0 Å². The van der Waals surface area contributed by atoms with Gasteiger partial charge in [-0.2, -0.15) is 0 Å². The van der Waals surface area contributed by atoms with Gasteiger partial charge < -0.3 is 30.2 Å². The third-order valence-electron chi connectivity index (χ3n) is 5.62. The van der Waals surface area contributed by atoms with Gasteiger partial charge in [0.1, 0.15) is 24.3 Å². The number of rotatable bonds is 13. The van der Waals surface area contributed by atoms with Crippen LogP contribution in [0.5, 0.6) is 0 Å². The fourth-order valence-electron chi connectivity index (χ4n) is 3.73. The first-order valence-electron chi connectivity index (χ1n) is 13.8. The van der Waals surface area contributed by atoms with Crippen molar-refractivity contribution in [3.05, 3.63) is 65.7 Å². The lowest BCUT2D eigenvalue weighted by Crippen LogP contribution is -2.54. The molecule has 0 spiro atoms. The van der Waals surface area contributed by atoms with E-state index in [9.17, 15) is 24.0 Å². The fourth-order valence-corrected chi connectivity index (χ4v) is 3.73. The van der Waals surface area contributed by atoms with Crippen LogP contribution in [-0.2, 0) is 35.2 Å². The van der Waals surface area contributed by atoms with Crippen molar-refractivity contribution in [3.63, 3.8) is 0 Å². The normalized spacial score (nSPS) is 12.5. The number of anilines is 1. The molecule has 0 aliphatic rings. The van der Waals surface area contributed by atoms with Gasteiger partial charge in [-0.25, -0.2) is 9.59 Å². The molecule has 11 heteroatoms. The average Bonchev–Trinajstić information content (AvgIpc) is 2.91. The molecule has 0 aromatic heterocycles. The molecule has 2 rings (SSSR count). The molecule has 2 aromatic rings. The highest BCUT2D eigenvalue weighted by molar-refractivity contribution is 5.99. The molecule has 0 fully saturated rings. The summed E-state index contributed by atoms with van der Waals surface area (Å²) >= 11 is 0. The van der Waals surface area contributed by atoms with E-state index in [1.165, 1.54) is 12.1 Å². The van der Waals surface area contributed by atoms with E-state index in [0.29, 0.717) is 11.3 Å². The Labute approximate surface area is 246 Å². The number of nitrogens with one attached hydrogen (secondary N) is 3. The largest absolute Gasteiger partial charge is 0.462 e. The Kier molecular flexibility index (Phi) is 13.0. The van der Waals surface area contributed by atoms with E-state index in [4.69, 9.17) is 14.2 Å².